The predicted octanol–water partition coefficient (Wildman–Crippen LogP) is 2.54. The molecular formula is C16H24N2O4. The van der Waals surface area contributed by atoms with E-state index in [1.807, 2.05) is 0 Å². The molecule has 1 aliphatic carbocycles. The number of anilines is 1. The summed E-state index contributed by atoms with van der Waals surface area (Å²) in [4.78, 5) is 26.5. The molecule has 0 saturated heterocycles. The van der Waals surface area contributed by atoms with E-state index in [0.717, 1.165) is 24.1 Å². The van der Waals surface area contributed by atoms with Crippen LogP contribution in [-0.2, 0) is 20.7 Å². The molecule has 0 atom stereocenters. The first kappa shape index (κ1) is 16.4. The van der Waals surface area contributed by atoms with E-state index in [-0.39, 0.29) is 5.97 Å². The van der Waals surface area contributed by atoms with Gasteiger partial charge in [0.15, 0.2) is 0 Å². The Labute approximate surface area is 130 Å². The van der Waals surface area contributed by atoms with Gasteiger partial charge in [0, 0.05) is 12.1 Å². The van der Waals surface area contributed by atoms with Gasteiger partial charge in [0.25, 0.3) is 0 Å². The Kier molecular flexibility index (Phi) is 5.46. The molecule has 1 aromatic heterocycles. The summed E-state index contributed by atoms with van der Waals surface area (Å²) in [7, 11) is 0. The Morgan fingerprint density at radius 3 is 2.50 bits per heavy atom. The standard InChI is InChI=1S/C16H24N2O4/c1-3-21-12(19)7-5-6-11-13(17)15(16(20)22-4-2)18-14(11)10-8-9-10/h10,18H,3-9,17H2,1-2H3. The van der Waals surface area contributed by atoms with Crippen LogP contribution in [0.3, 0.4) is 0 Å². The highest BCUT2D eigenvalue weighted by Crippen LogP contribution is 2.43. The van der Waals surface area contributed by atoms with Crippen LogP contribution in [0.25, 0.3) is 0 Å². The van der Waals surface area contributed by atoms with Gasteiger partial charge in [-0.1, -0.05) is 0 Å². The zero-order valence-electron chi connectivity index (χ0n) is 13.2. The lowest BCUT2D eigenvalue weighted by atomic mass is 10.0. The quantitative estimate of drug-likeness (QED) is 0.720. The number of carbonyl (C=O) groups excluding carboxylic acids is 2. The molecule has 0 radical (unpaired) electrons. The van der Waals surface area contributed by atoms with Crippen LogP contribution in [0.5, 0.6) is 0 Å². The van der Waals surface area contributed by atoms with E-state index in [1.165, 1.54) is 0 Å². The van der Waals surface area contributed by atoms with E-state index >= 15 is 0 Å². The largest absolute Gasteiger partial charge is 0.466 e. The third kappa shape index (κ3) is 3.81. The highest BCUT2D eigenvalue weighted by molar-refractivity contribution is 5.94. The number of ether oxygens (including phenoxy) is 2. The fraction of sp³-hybridized carbons (Fsp3) is 0.625. The number of aromatic amines is 1. The van der Waals surface area contributed by atoms with Gasteiger partial charge in [-0.15, -0.1) is 0 Å². The van der Waals surface area contributed by atoms with Crippen LogP contribution in [0.2, 0.25) is 0 Å². The van der Waals surface area contributed by atoms with E-state index in [0.29, 0.717) is 49.8 Å². The Balaban J connectivity index is 2.08. The van der Waals surface area contributed by atoms with E-state index in [9.17, 15) is 9.59 Å². The molecule has 0 bridgehead atoms. The van der Waals surface area contributed by atoms with Gasteiger partial charge in [0.05, 0.1) is 18.9 Å². The molecule has 0 aliphatic heterocycles. The van der Waals surface area contributed by atoms with Crippen LogP contribution in [0, 0.1) is 0 Å². The molecule has 3 N–H and O–H groups in total. The number of carbonyl (C=O) groups is 2. The Bertz CT molecular complexity index is 547. The van der Waals surface area contributed by atoms with Gasteiger partial charge >= 0.3 is 11.9 Å². The van der Waals surface area contributed by atoms with Crippen molar-refractivity contribution < 1.29 is 19.1 Å². The zero-order chi connectivity index (χ0) is 16.1. The van der Waals surface area contributed by atoms with Gasteiger partial charge in [-0.2, -0.15) is 0 Å². The van der Waals surface area contributed by atoms with Gasteiger partial charge in [0.2, 0.25) is 0 Å². The van der Waals surface area contributed by atoms with Crippen molar-refractivity contribution in [3.05, 3.63) is 17.0 Å². The average Bonchev–Trinajstić information content (AvgIpc) is 3.26. The minimum Gasteiger partial charge on any atom is -0.466 e. The Morgan fingerprint density at radius 2 is 1.91 bits per heavy atom. The normalized spacial score (nSPS) is 13.9. The molecule has 1 aromatic rings. The van der Waals surface area contributed by atoms with Crippen LogP contribution in [0.15, 0.2) is 0 Å². The van der Waals surface area contributed by atoms with Crippen LogP contribution in [-0.4, -0.2) is 30.1 Å². The Hall–Kier alpha value is -1.98. The molecule has 2 rings (SSSR count). The van der Waals surface area contributed by atoms with E-state index in [1.54, 1.807) is 13.8 Å². The number of nitrogen functional groups attached to an aromatic ring is 1. The topological polar surface area (TPSA) is 94.4 Å². The van der Waals surface area contributed by atoms with Crippen molar-refractivity contribution in [2.24, 2.45) is 0 Å². The van der Waals surface area contributed by atoms with Crippen molar-refractivity contribution in [1.82, 2.24) is 4.98 Å². The number of hydrogen-bond acceptors (Lipinski definition) is 5. The van der Waals surface area contributed by atoms with Gasteiger partial charge in [-0.05, 0) is 51.0 Å². The summed E-state index contributed by atoms with van der Waals surface area (Å²) in [6, 6.07) is 0. The van der Waals surface area contributed by atoms with E-state index in [2.05, 4.69) is 4.98 Å². The summed E-state index contributed by atoms with van der Waals surface area (Å²) in [5, 5.41) is 0. The van der Waals surface area contributed by atoms with Crippen LogP contribution >= 0.6 is 0 Å². The molecule has 122 valence electrons. The summed E-state index contributed by atoms with van der Waals surface area (Å²) in [5.41, 5.74) is 8.92. The SMILES string of the molecule is CCOC(=O)CCCc1c(C2CC2)[nH]c(C(=O)OCC)c1N. The summed E-state index contributed by atoms with van der Waals surface area (Å²) in [6.45, 7) is 4.26. The number of aromatic nitrogens is 1. The van der Waals surface area contributed by atoms with Crippen molar-refractivity contribution >= 4 is 17.6 Å². The summed E-state index contributed by atoms with van der Waals surface area (Å²) >= 11 is 0. The lowest BCUT2D eigenvalue weighted by molar-refractivity contribution is -0.143. The summed E-state index contributed by atoms with van der Waals surface area (Å²) in [5.74, 6) is -0.170. The number of hydrogen-bond donors (Lipinski definition) is 2. The second-order valence-electron chi connectivity index (χ2n) is 5.46. The Morgan fingerprint density at radius 1 is 1.23 bits per heavy atom. The van der Waals surface area contributed by atoms with E-state index in [4.69, 9.17) is 15.2 Å². The predicted molar refractivity (Wildman–Crippen MR) is 82.7 cm³/mol. The van der Waals surface area contributed by atoms with Crippen molar-refractivity contribution in [1.29, 1.82) is 0 Å². The summed E-state index contributed by atoms with van der Waals surface area (Å²) < 4.78 is 9.95. The molecule has 6 nitrogen and oxygen atoms in total. The average molecular weight is 308 g/mol. The highest BCUT2D eigenvalue weighted by Gasteiger charge is 2.31. The smallest absolute Gasteiger partial charge is 0.356 e. The first-order chi connectivity index (χ1) is 10.6. The zero-order valence-corrected chi connectivity index (χ0v) is 13.2. The number of esters is 2. The lowest BCUT2D eigenvalue weighted by Gasteiger charge is -2.05. The maximum atomic E-state index is 11.9. The number of rotatable bonds is 8. The van der Waals surface area contributed by atoms with Crippen LogP contribution in [0.1, 0.15) is 67.2 Å². The third-order valence-electron chi connectivity index (χ3n) is 3.76. The van der Waals surface area contributed by atoms with Crippen molar-refractivity contribution in [3.63, 3.8) is 0 Å². The molecule has 1 aliphatic rings. The van der Waals surface area contributed by atoms with Crippen molar-refractivity contribution in [3.8, 4) is 0 Å². The molecule has 6 heteroatoms. The van der Waals surface area contributed by atoms with Gasteiger partial charge < -0.3 is 20.2 Å². The fourth-order valence-electron chi connectivity index (χ4n) is 2.57. The highest BCUT2D eigenvalue weighted by atomic mass is 16.5. The second kappa shape index (κ2) is 7.33. The van der Waals surface area contributed by atoms with Gasteiger partial charge in [-0.25, -0.2) is 4.79 Å². The molecule has 0 unspecified atom stereocenters. The van der Waals surface area contributed by atoms with Crippen molar-refractivity contribution in [2.45, 2.75) is 51.9 Å². The number of H-pyrrole nitrogens is 1. The molecule has 22 heavy (non-hydrogen) atoms. The maximum absolute atomic E-state index is 11.9. The maximum Gasteiger partial charge on any atom is 0.356 e. The molecule has 1 heterocycles. The molecule has 1 fully saturated rings. The van der Waals surface area contributed by atoms with Gasteiger partial charge in [-0.3, -0.25) is 4.79 Å². The minimum atomic E-state index is -0.418. The van der Waals surface area contributed by atoms with Gasteiger partial charge in [0.1, 0.15) is 5.69 Å². The number of nitrogens with two attached hydrogens (primary N) is 1. The molecule has 0 spiro atoms. The number of nitrogens with one attached hydrogen (secondary N) is 1. The monoisotopic (exact) mass is 308 g/mol. The summed E-state index contributed by atoms with van der Waals surface area (Å²) in [6.07, 6.45) is 3.88. The molecule has 0 aromatic carbocycles. The molecule has 1 saturated carbocycles. The van der Waals surface area contributed by atoms with Crippen LogP contribution < -0.4 is 5.73 Å². The minimum absolute atomic E-state index is 0.199. The van der Waals surface area contributed by atoms with Crippen molar-refractivity contribution in [2.75, 3.05) is 18.9 Å². The molecule has 0 amide bonds. The van der Waals surface area contributed by atoms with E-state index < -0.39 is 5.97 Å². The first-order valence-electron chi connectivity index (χ1n) is 7.91. The lowest BCUT2D eigenvalue weighted by Crippen LogP contribution is -2.08. The van der Waals surface area contributed by atoms with Crippen LogP contribution in [0.4, 0.5) is 5.69 Å². The second-order valence-corrected chi connectivity index (χ2v) is 5.46. The first-order valence-corrected chi connectivity index (χ1v) is 7.91. The molecular weight excluding hydrogens is 284 g/mol. The fourth-order valence-corrected chi connectivity index (χ4v) is 2.57. The third-order valence-corrected chi connectivity index (χ3v) is 3.76.